The van der Waals surface area contributed by atoms with Crippen molar-refractivity contribution in [3.8, 4) is 28.3 Å². The number of nitrogens with zero attached hydrogens (tertiary/aromatic N) is 3. The standard InChI is InChI=1S/C28H22N4OS/c34-28-31-30-27(25-13-7-12-24(18-25)23-10-5-2-6-11-23)32(28)29-19-21-14-16-26(17-15-21)33-20-22-8-3-1-4-9-22/h1-19H,20H2,(H,31,34)/b29-19+. The molecule has 0 unspecified atom stereocenters. The molecule has 34 heavy (non-hydrogen) atoms. The van der Waals surface area contributed by atoms with Crippen LogP contribution < -0.4 is 4.74 Å². The van der Waals surface area contributed by atoms with E-state index in [4.69, 9.17) is 17.0 Å². The van der Waals surface area contributed by atoms with Gasteiger partial charge < -0.3 is 4.74 Å². The van der Waals surface area contributed by atoms with Crippen molar-refractivity contribution in [1.29, 1.82) is 0 Å². The van der Waals surface area contributed by atoms with E-state index < -0.39 is 0 Å². The topological polar surface area (TPSA) is 55.2 Å². The second-order valence-electron chi connectivity index (χ2n) is 7.70. The zero-order valence-electron chi connectivity index (χ0n) is 18.3. The first kappa shape index (κ1) is 21.6. The molecule has 0 aliphatic carbocycles. The van der Waals surface area contributed by atoms with Crippen molar-refractivity contribution in [2.24, 2.45) is 5.10 Å². The van der Waals surface area contributed by atoms with Crippen LogP contribution in [0.5, 0.6) is 5.75 Å². The normalized spacial score (nSPS) is 11.1. The SMILES string of the molecule is S=c1[nH]nc(-c2cccc(-c3ccccc3)c2)n1/N=C/c1ccc(OCc2ccccc2)cc1. The van der Waals surface area contributed by atoms with Crippen molar-refractivity contribution in [1.82, 2.24) is 14.9 Å². The highest BCUT2D eigenvalue weighted by atomic mass is 32.1. The molecule has 1 aromatic heterocycles. The number of hydrogen-bond donors (Lipinski definition) is 1. The maximum absolute atomic E-state index is 5.86. The molecule has 4 aromatic carbocycles. The number of hydrogen-bond acceptors (Lipinski definition) is 4. The minimum Gasteiger partial charge on any atom is -0.489 e. The lowest BCUT2D eigenvalue weighted by Crippen LogP contribution is -1.96. The summed E-state index contributed by atoms with van der Waals surface area (Å²) in [6, 6.07) is 36.3. The summed E-state index contributed by atoms with van der Waals surface area (Å²) in [7, 11) is 0. The van der Waals surface area contributed by atoms with Gasteiger partial charge in [-0.25, -0.2) is 5.10 Å². The van der Waals surface area contributed by atoms with Gasteiger partial charge in [0.15, 0.2) is 5.82 Å². The second kappa shape index (κ2) is 10.1. The van der Waals surface area contributed by atoms with Crippen LogP contribution in [0.4, 0.5) is 0 Å². The van der Waals surface area contributed by atoms with Crippen LogP contribution in [0.1, 0.15) is 11.1 Å². The highest BCUT2D eigenvalue weighted by Gasteiger charge is 2.09. The minimum atomic E-state index is 0.430. The van der Waals surface area contributed by atoms with Crippen LogP contribution in [0.3, 0.4) is 0 Å². The molecule has 0 bridgehead atoms. The molecule has 0 aliphatic rings. The maximum Gasteiger partial charge on any atom is 0.216 e. The Bertz CT molecular complexity index is 1460. The first-order valence-electron chi connectivity index (χ1n) is 10.9. The van der Waals surface area contributed by atoms with E-state index >= 15 is 0 Å². The summed E-state index contributed by atoms with van der Waals surface area (Å²) in [4.78, 5) is 0. The third-order valence-corrected chi connectivity index (χ3v) is 5.59. The Kier molecular flexibility index (Phi) is 6.40. The van der Waals surface area contributed by atoms with Crippen LogP contribution in [0, 0.1) is 4.77 Å². The van der Waals surface area contributed by atoms with Crippen molar-refractivity contribution < 1.29 is 4.74 Å². The van der Waals surface area contributed by atoms with Gasteiger partial charge in [0.2, 0.25) is 4.77 Å². The van der Waals surface area contributed by atoms with E-state index in [1.54, 1.807) is 10.9 Å². The summed E-state index contributed by atoms with van der Waals surface area (Å²) in [6.07, 6.45) is 1.76. The lowest BCUT2D eigenvalue weighted by atomic mass is 10.0. The Hall–Kier alpha value is -4.29. The van der Waals surface area contributed by atoms with E-state index in [1.165, 1.54) is 0 Å². The second-order valence-corrected chi connectivity index (χ2v) is 8.09. The molecule has 5 rings (SSSR count). The number of nitrogens with one attached hydrogen (secondary N) is 1. The Morgan fingerprint density at radius 1 is 0.794 bits per heavy atom. The summed E-state index contributed by atoms with van der Waals surface area (Å²) in [5.74, 6) is 1.46. The number of H-pyrrole nitrogens is 1. The maximum atomic E-state index is 5.86. The van der Waals surface area contributed by atoms with E-state index in [-0.39, 0.29) is 0 Å². The minimum absolute atomic E-state index is 0.430. The summed E-state index contributed by atoms with van der Waals surface area (Å²) < 4.78 is 7.93. The van der Waals surface area contributed by atoms with Crippen LogP contribution in [-0.2, 0) is 6.61 Å². The van der Waals surface area contributed by atoms with Crippen LogP contribution >= 0.6 is 12.2 Å². The molecular formula is C28H22N4OS. The molecule has 0 radical (unpaired) electrons. The first-order chi connectivity index (χ1) is 16.8. The van der Waals surface area contributed by atoms with Crippen molar-refractivity contribution in [3.05, 3.63) is 125 Å². The number of rotatable bonds is 7. The zero-order valence-corrected chi connectivity index (χ0v) is 19.2. The van der Waals surface area contributed by atoms with Crippen LogP contribution in [0.2, 0.25) is 0 Å². The van der Waals surface area contributed by atoms with Crippen LogP contribution in [-0.4, -0.2) is 21.1 Å². The highest BCUT2D eigenvalue weighted by molar-refractivity contribution is 7.71. The van der Waals surface area contributed by atoms with Crippen molar-refractivity contribution in [3.63, 3.8) is 0 Å². The fraction of sp³-hybridized carbons (Fsp3) is 0.0357. The van der Waals surface area contributed by atoms with E-state index in [9.17, 15) is 0 Å². The van der Waals surface area contributed by atoms with E-state index in [2.05, 4.69) is 39.6 Å². The highest BCUT2D eigenvalue weighted by Crippen LogP contribution is 2.25. The third kappa shape index (κ3) is 5.03. The Labute approximate surface area is 203 Å². The number of ether oxygens (including phenoxy) is 1. The molecule has 0 saturated carbocycles. The van der Waals surface area contributed by atoms with E-state index in [0.29, 0.717) is 17.2 Å². The molecule has 166 valence electrons. The molecule has 1 N–H and O–H groups in total. The zero-order chi connectivity index (χ0) is 23.2. The van der Waals surface area contributed by atoms with Crippen molar-refractivity contribution in [2.75, 3.05) is 0 Å². The summed E-state index contributed by atoms with van der Waals surface area (Å²) in [6.45, 7) is 0.532. The van der Waals surface area contributed by atoms with Gasteiger partial charge in [-0.15, -0.1) is 0 Å². The van der Waals surface area contributed by atoms with Gasteiger partial charge in [0.1, 0.15) is 12.4 Å². The smallest absolute Gasteiger partial charge is 0.216 e. The molecule has 5 nitrogen and oxygen atoms in total. The predicted octanol–water partition coefficient (Wildman–Crippen LogP) is 6.74. The predicted molar refractivity (Wildman–Crippen MR) is 138 cm³/mol. The van der Waals surface area contributed by atoms with Crippen LogP contribution in [0.25, 0.3) is 22.5 Å². The molecule has 0 saturated heterocycles. The largest absolute Gasteiger partial charge is 0.489 e. The van der Waals surface area contributed by atoms with Gasteiger partial charge in [-0.3, -0.25) is 0 Å². The Morgan fingerprint density at radius 3 is 2.24 bits per heavy atom. The molecular weight excluding hydrogens is 440 g/mol. The monoisotopic (exact) mass is 462 g/mol. The van der Waals surface area contributed by atoms with Gasteiger partial charge in [-0.2, -0.15) is 14.9 Å². The summed E-state index contributed by atoms with van der Waals surface area (Å²) in [5.41, 5.74) is 5.23. The molecule has 0 amide bonds. The van der Waals surface area contributed by atoms with Gasteiger partial charge in [-0.05, 0) is 64.8 Å². The Balaban J connectivity index is 1.34. The fourth-order valence-electron chi connectivity index (χ4n) is 3.57. The van der Waals surface area contributed by atoms with Crippen molar-refractivity contribution >= 4 is 18.4 Å². The summed E-state index contributed by atoms with van der Waals surface area (Å²) >= 11 is 5.43. The number of aromatic nitrogens is 3. The quantitative estimate of drug-likeness (QED) is 0.215. The number of benzene rings is 4. The van der Waals surface area contributed by atoms with Gasteiger partial charge in [-0.1, -0.05) is 78.9 Å². The fourth-order valence-corrected chi connectivity index (χ4v) is 3.75. The van der Waals surface area contributed by atoms with E-state index in [0.717, 1.165) is 33.6 Å². The molecule has 0 fully saturated rings. The van der Waals surface area contributed by atoms with Crippen molar-refractivity contribution in [2.45, 2.75) is 6.61 Å². The molecule has 0 atom stereocenters. The van der Waals surface area contributed by atoms with E-state index in [1.807, 2.05) is 84.9 Å². The molecule has 0 spiro atoms. The average Bonchev–Trinajstić information content (AvgIpc) is 3.28. The Morgan fingerprint density at radius 2 is 1.47 bits per heavy atom. The molecule has 0 aliphatic heterocycles. The average molecular weight is 463 g/mol. The lowest BCUT2D eigenvalue weighted by Gasteiger charge is -2.06. The van der Waals surface area contributed by atoms with Gasteiger partial charge in [0.25, 0.3) is 0 Å². The first-order valence-corrected chi connectivity index (χ1v) is 11.3. The van der Waals surface area contributed by atoms with Gasteiger partial charge in [0.05, 0.1) is 6.21 Å². The molecule has 6 heteroatoms. The molecule has 1 heterocycles. The lowest BCUT2D eigenvalue weighted by molar-refractivity contribution is 0.306. The van der Waals surface area contributed by atoms with Gasteiger partial charge >= 0.3 is 0 Å². The van der Waals surface area contributed by atoms with Crippen LogP contribution in [0.15, 0.2) is 114 Å². The van der Waals surface area contributed by atoms with Gasteiger partial charge in [0, 0.05) is 5.56 Å². The number of aromatic amines is 1. The molecule has 5 aromatic rings. The summed E-state index contributed by atoms with van der Waals surface area (Å²) in [5, 5.41) is 11.9. The third-order valence-electron chi connectivity index (χ3n) is 5.33.